The summed E-state index contributed by atoms with van der Waals surface area (Å²) in [5.74, 6) is 0.861. The molecule has 138 valence electrons. The zero-order valence-corrected chi connectivity index (χ0v) is 15.5. The number of nitrogens with zero attached hydrogens (tertiary/aromatic N) is 1. The Morgan fingerprint density at radius 1 is 1.12 bits per heavy atom. The Labute approximate surface area is 155 Å². The lowest BCUT2D eigenvalue weighted by atomic mass is 10.1. The van der Waals surface area contributed by atoms with Crippen molar-refractivity contribution in [1.82, 2.24) is 10.2 Å². The first-order valence-corrected chi connectivity index (χ1v) is 9.13. The van der Waals surface area contributed by atoms with Crippen LogP contribution in [0.4, 0.5) is 5.69 Å². The van der Waals surface area contributed by atoms with Crippen LogP contribution in [-0.2, 0) is 11.4 Å². The van der Waals surface area contributed by atoms with Gasteiger partial charge in [0.1, 0.15) is 12.4 Å². The zero-order chi connectivity index (χ0) is 18.4. The molecular weight excluding hydrogens is 326 g/mol. The summed E-state index contributed by atoms with van der Waals surface area (Å²) in [4.78, 5) is 14.6. The Balaban J connectivity index is 1.60. The smallest absolute Gasteiger partial charge is 0.238 e. The summed E-state index contributed by atoms with van der Waals surface area (Å²) in [6.45, 7) is 8.69. The minimum Gasteiger partial charge on any atom is -0.489 e. The molecule has 2 N–H and O–H groups in total. The summed E-state index contributed by atoms with van der Waals surface area (Å²) in [5, 5.41) is 6.37. The molecule has 0 radical (unpaired) electrons. The Morgan fingerprint density at radius 3 is 2.42 bits per heavy atom. The van der Waals surface area contributed by atoms with Gasteiger partial charge in [-0.3, -0.25) is 9.69 Å². The SMILES string of the molecule is Cc1cc(OCc2ccccc2)cc(C)c1NC(=O)CN1CCNCC1. The van der Waals surface area contributed by atoms with Crippen LogP contribution >= 0.6 is 0 Å². The molecule has 1 saturated heterocycles. The minimum absolute atomic E-state index is 0.0380. The van der Waals surface area contributed by atoms with Crippen molar-refractivity contribution in [1.29, 1.82) is 0 Å². The molecule has 0 spiro atoms. The third kappa shape index (κ3) is 5.07. The molecule has 0 bridgehead atoms. The van der Waals surface area contributed by atoms with E-state index in [0.29, 0.717) is 13.2 Å². The van der Waals surface area contributed by atoms with E-state index in [1.54, 1.807) is 0 Å². The molecule has 3 rings (SSSR count). The van der Waals surface area contributed by atoms with Gasteiger partial charge in [0, 0.05) is 31.9 Å². The molecule has 0 saturated carbocycles. The lowest BCUT2D eigenvalue weighted by Gasteiger charge is -2.26. The van der Waals surface area contributed by atoms with Crippen molar-refractivity contribution in [3.05, 3.63) is 59.2 Å². The predicted molar refractivity (Wildman–Crippen MR) is 105 cm³/mol. The molecule has 5 nitrogen and oxygen atoms in total. The third-order valence-corrected chi connectivity index (χ3v) is 4.60. The number of hydrogen-bond acceptors (Lipinski definition) is 4. The highest BCUT2D eigenvalue weighted by Crippen LogP contribution is 2.27. The Kier molecular flexibility index (Phi) is 6.26. The lowest BCUT2D eigenvalue weighted by molar-refractivity contribution is -0.117. The van der Waals surface area contributed by atoms with Crippen molar-refractivity contribution in [2.45, 2.75) is 20.5 Å². The van der Waals surface area contributed by atoms with E-state index in [-0.39, 0.29) is 5.91 Å². The normalized spacial score (nSPS) is 14.8. The van der Waals surface area contributed by atoms with Crippen LogP contribution in [0.25, 0.3) is 0 Å². The van der Waals surface area contributed by atoms with Gasteiger partial charge >= 0.3 is 0 Å². The van der Waals surface area contributed by atoms with E-state index in [0.717, 1.165) is 54.3 Å². The molecule has 2 aromatic carbocycles. The molecule has 5 heteroatoms. The zero-order valence-electron chi connectivity index (χ0n) is 15.5. The van der Waals surface area contributed by atoms with Gasteiger partial charge in [-0.15, -0.1) is 0 Å². The molecule has 0 atom stereocenters. The molecule has 26 heavy (non-hydrogen) atoms. The van der Waals surface area contributed by atoms with Crippen LogP contribution in [0.1, 0.15) is 16.7 Å². The van der Waals surface area contributed by atoms with Gasteiger partial charge in [-0.05, 0) is 42.7 Å². The second-order valence-electron chi connectivity index (χ2n) is 6.78. The van der Waals surface area contributed by atoms with E-state index < -0.39 is 0 Å². The molecule has 2 aromatic rings. The first-order chi connectivity index (χ1) is 12.6. The van der Waals surface area contributed by atoms with Crippen molar-refractivity contribution in [2.24, 2.45) is 0 Å². The van der Waals surface area contributed by atoms with Crippen LogP contribution in [0.2, 0.25) is 0 Å². The average Bonchev–Trinajstić information content (AvgIpc) is 2.65. The summed E-state index contributed by atoms with van der Waals surface area (Å²) in [6.07, 6.45) is 0. The number of hydrogen-bond donors (Lipinski definition) is 2. The largest absolute Gasteiger partial charge is 0.489 e. The highest BCUT2D eigenvalue weighted by atomic mass is 16.5. The summed E-state index contributed by atoms with van der Waals surface area (Å²) in [6, 6.07) is 14.1. The van der Waals surface area contributed by atoms with Crippen LogP contribution in [0.15, 0.2) is 42.5 Å². The Bertz CT molecular complexity index is 717. The van der Waals surface area contributed by atoms with Gasteiger partial charge in [0.15, 0.2) is 0 Å². The minimum atomic E-state index is 0.0380. The molecule has 1 aliphatic rings. The monoisotopic (exact) mass is 353 g/mol. The first-order valence-electron chi connectivity index (χ1n) is 9.13. The van der Waals surface area contributed by atoms with Crippen LogP contribution in [0.5, 0.6) is 5.75 Å². The van der Waals surface area contributed by atoms with Gasteiger partial charge in [-0.25, -0.2) is 0 Å². The van der Waals surface area contributed by atoms with E-state index in [9.17, 15) is 4.79 Å². The van der Waals surface area contributed by atoms with Crippen molar-refractivity contribution in [3.63, 3.8) is 0 Å². The lowest BCUT2D eigenvalue weighted by Crippen LogP contribution is -2.46. The topological polar surface area (TPSA) is 53.6 Å². The van der Waals surface area contributed by atoms with Crippen LogP contribution < -0.4 is 15.4 Å². The van der Waals surface area contributed by atoms with Crippen LogP contribution in [-0.4, -0.2) is 43.5 Å². The van der Waals surface area contributed by atoms with Gasteiger partial charge in [0.05, 0.1) is 6.54 Å². The van der Waals surface area contributed by atoms with Crippen molar-refractivity contribution in [3.8, 4) is 5.75 Å². The van der Waals surface area contributed by atoms with Crippen molar-refractivity contribution >= 4 is 11.6 Å². The van der Waals surface area contributed by atoms with Gasteiger partial charge in [0.2, 0.25) is 5.91 Å². The summed E-state index contributed by atoms with van der Waals surface area (Å²) in [5.41, 5.74) is 4.05. The van der Waals surface area contributed by atoms with E-state index in [4.69, 9.17) is 4.74 Å². The molecule has 0 aromatic heterocycles. The number of anilines is 1. The fourth-order valence-electron chi connectivity index (χ4n) is 3.20. The molecule has 1 aliphatic heterocycles. The van der Waals surface area contributed by atoms with Gasteiger partial charge in [-0.1, -0.05) is 30.3 Å². The number of aryl methyl sites for hydroxylation is 2. The number of amides is 1. The molecule has 0 unspecified atom stereocenters. The van der Waals surface area contributed by atoms with Crippen LogP contribution in [0.3, 0.4) is 0 Å². The quantitative estimate of drug-likeness (QED) is 0.838. The average molecular weight is 353 g/mol. The summed E-state index contributed by atoms with van der Waals surface area (Å²) >= 11 is 0. The van der Waals surface area contributed by atoms with Gasteiger partial charge in [-0.2, -0.15) is 0 Å². The maximum atomic E-state index is 12.4. The highest BCUT2D eigenvalue weighted by Gasteiger charge is 2.15. The first kappa shape index (κ1) is 18.4. The Morgan fingerprint density at radius 2 is 1.77 bits per heavy atom. The fraction of sp³-hybridized carbons (Fsp3) is 0.381. The number of carbonyl (C=O) groups excluding carboxylic acids is 1. The summed E-state index contributed by atoms with van der Waals surface area (Å²) < 4.78 is 5.91. The number of ether oxygens (including phenoxy) is 1. The fourth-order valence-corrected chi connectivity index (χ4v) is 3.20. The molecule has 0 aliphatic carbocycles. The van der Waals surface area contributed by atoms with E-state index >= 15 is 0 Å². The van der Waals surface area contributed by atoms with Gasteiger partial charge in [0.25, 0.3) is 0 Å². The predicted octanol–water partition coefficient (Wildman–Crippen LogP) is 2.73. The van der Waals surface area contributed by atoms with Crippen molar-refractivity contribution in [2.75, 3.05) is 38.0 Å². The highest BCUT2D eigenvalue weighted by molar-refractivity contribution is 5.93. The third-order valence-electron chi connectivity index (χ3n) is 4.60. The van der Waals surface area contributed by atoms with Gasteiger partial charge < -0.3 is 15.4 Å². The van der Waals surface area contributed by atoms with E-state index in [1.165, 1.54) is 0 Å². The molecule has 1 heterocycles. The van der Waals surface area contributed by atoms with Crippen molar-refractivity contribution < 1.29 is 9.53 Å². The number of carbonyl (C=O) groups is 1. The molecule has 1 amide bonds. The molecule has 1 fully saturated rings. The summed E-state index contributed by atoms with van der Waals surface area (Å²) in [7, 11) is 0. The maximum Gasteiger partial charge on any atom is 0.238 e. The second-order valence-corrected chi connectivity index (χ2v) is 6.78. The van der Waals surface area contributed by atoms with E-state index in [1.807, 2.05) is 56.3 Å². The van der Waals surface area contributed by atoms with E-state index in [2.05, 4.69) is 15.5 Å². The second kappa shape index (κ2) is 8.83. The Hall–Kier alpha value is -2.37. The molecular formula is C21H27N3O2. The number of rotatable bonds is 6. The number of piperazine rings is 1. The van der Waals surface area contributed by atoms with Crippen LogP contribution in [0, 0.1) is 13.8 Å². The maximum absolute atomic E-state index is 12.4. The number of nitrogens with one attached hydrogen (secondary N) is 2. The number of benzene rings is 2. The standard InChI is InChI=1S/C21H27N3O2/c1-16-12-19(26-15-18-6-4-3-5-7-18)13-17(2)21(16)23-20(25)14-24-10-8-22-9-11-24/h3-7,12-13,22H,8-11,14-15H2,1-2H3,(H,23,25).